The van der Waals surface area contributed by atoms with E-state index < -0.39 is 0 Å². The first-order chi connectivity index (χ1) is 6.86. The SMILES string of the molecule is BrCC1CCCC1.OCC1CCCC1. The molecule has 2 rings (SSSR count). The minimum atomic E-state index is 0.417. The smallest absolute Gasteiger partial charge is 0.0459 e. The summed E-state index contributed by atoms with van der Waals surface area (Å²) < 4.78 is 0. The zero-order valence-electron chi connectivity index (χ0n) is 9.05. The van der Waals surface area contributed by atoms with Gasteiger partial charge in [0.05, 0.1) is 0 Å². The minimum Gasteiger partial charge on any atom is -0.396 e. The van der Waals surface area contributed by atoms with Crippen molar-refractivity contribution in [1.82, 2.24) is 0 Å². The molecular formula is C12H23BrO. The van der Waals surface area contributed by atoms with Gasteiger partial charge in [-0.05, 0) is 37.5 Å². The number of aliphatic hydroxyl groups is 1. The van der Waals surface area contributed by atoms with Crippen LogP contribution in [0.3, 0.4) is 0 Å². The van der Waals surface area contributed by atoms with E-state index in [0.717, 1.165) is 5.92 Å². The number of aliphatic hydroxyl groups excluding tert-OH is 1. The van der Waals surface area contributed by atoms with Gasteiger partial charge < -0.3 is 5.11 Å². The van der Waals surface area contributed by atoms with E-state index in [1.54, 1.807) is 0 Å². The van der Waals surface area contributed by atoms with Crippen molar-refractivity contribution in [3.63, 3.8) is 0 Å². The van der Waals surface area contributed by atoms with Gasteiger partial charge in [0.15, 0.2) is 0 Å². The van der Waals surface area contributed by atoms with Crippen molar-refractivity contribution < 1.29 is 5.11 Å². The molecule has 0 amide bonds. The molecule has 0 unspecified atom stereocenters. The topological polar surface area (TPSA) is 20.2 Å². The Hall–Kier alpha value is 0.440. The van der Waals surface area contributed by atoms with Gasteiger partial charge in [0, 0.05) is 11.9 Å². The molecule has 0 heterocycles. The molecule has 2 fully saturated rings. The van der Waals surface area contributed by atoms with Gasteiger partial charge in [0.1, 0.15) is 0 Å². The van der Waals surface area contributed by atoms with Gasteiger partial charge in [0.2, 0.25) is 0 Å². The fourth-order valence-corrected chi connectivity index (χ4v) is 3.01. The van der Waals surface area contributed by atoms with Gasteiger partial charge in [-0.25, -0.2) is 0 Å². The molecule has 0 aromatic heterocycles. The number of hydrogen-bond acceptors (Lipinski definition) is 1. The van der Waals surface area contributed by atoms with Gasteiger partial charge in [0.25, 0.3) is 0 Å². The molecule has 0 aliphatic heterocycles. The van der Waals surface area contributed by atoms with Crippen molar-refractivity contribution in [1.29, 1.82) is 0 Å². The lowest BCUT2D eigenvalue weighted by molar-refractivity contribution is 0.230. The zero-order valence-corrected chi connectivity index (χ0v) is 10.6. The number of rotatable bonds is 2. The van der Waals surface area contributed by atoms with E-state index >= 15 is 0 Å². The zero-order chi connectivity index (χ0) is 10.2. The molecule has 1 N–H and O–H groups in total. The van der Waals surface area contributed by atoms with E-state index in [1.165, 1.54) is 56.7 Å². The molecule has 2 aliphatic carbocycles. The largest absolute Gasteiger partial charge is 0.396 e. The Morgan fingerprint density at radius 1 is 0.857 bits per heavy atom. The molecular weight excluding hydrogens is 240 g/mol. The summed E-state index contributed by atoms with van der Waals surface area (Å²) in [6.07, 6.45) is 11.1. The summed E-state index contributed by atoms with van der Waals surface area (Å²) >= 11 is 3.48. The molecule has 1 nitrogen and oxygen atoms in total. The van der Waals surface area contributed by atoms with E-state index in [9.17, 15) is 0 Å². The first kappa shape index (κ1) is 12.5. The minimum absolute atomic E-state index is 0.417. The Bertz CT molecular complexity index is 110. The lowest BCUT2D eigenvalue weighted by atomic mass is 10.1. The predicted octanol–water partition coefficient (Wildman–Crippen LogP) is 3.74. The fourth-order valence-electron chi connectivity index (χ4n) is 2.36. The third-order valence-electron chi connectivity index (χ3n) is 3.43. The van der Waals surface area contributed by atoms with Crippen LogP contribution < -0.4 is 0 Å². The molecule has 84 valence electrons. The molecule has 14 heavy (non-hydrogen) atoms. The van der Waals surface area contributed by atoms with Gasteiger partial charge in [-0.2, -0.15) is 0 Å². The second-order valence-corrected chi connectivity index (χ2v) is 5.29. The molecule has 0 bridgehead atoms. The number of alkyl halides is 1. The average Bonchev–Trinajstić information content (AvgIpc) is 2.92. The van der Waals surface area contributed by atoms with E-state index in [2.05, 4.69) is 15.9 Å². The van der Waals surface area contributed by atoms with Crippen molar-refractivity contribution in [2.75, 3.05) is 11.9 Å². The first-order valence-corrected chi connectivity index (χ1v) is 7.15. The summed E-state index contributed by atoms with van der Waals surface area (Å²) in [5.74, 6) is 1.67. The van der Waals surface area contributed by atoms with Crippen molar-refractivity contribution in [2.45, 2.75) is 51.4 Å². The van der Waals surface area contributed by atoms with Crippen molar-refractivity contribution in [3.8, 4) is 0 Å². The number of hydrogen-bond donors (Lipinski definition) is 1. The van der Waals surface area contributed by atoms with Crippen LogP contribution in [0.5, 0.6) is 0 Å². The molecule has 0 atom stereocenters. The highest BCUT2D eigenvalue weighted by Crippen LogP contribution is 2.25. The van der Waals surface area contributed by atoms with Crippen LogP contribution in [0.2, 0.25) is 0 Å². The van der Waals surface area contributed by atoms with Crippen LogP contribution in [-0.2, 0) is 0 Å². The number of halogens is 1. The molecule has 0 spiro atoms. The normalized spacial score (nSPS) is 23.6. The van der Waals surface area contributed by atoms with Gasteiger partial charge in [-0.1, -0.05) is 41.6 Å². The maximum absolute atomic E-state index is 8.57. The summed E-state index contributed by atoms with van der Waals surface area (Å²) in [7, 11) is 0. The Morgan fingerprint density at radius 2 is 1.29 bits per heavy atom. The van der Waals surface area contributed by atoms with Gasteiger partial charge in [-0.15, -0.1) is 0 Å². The van der Waals surface area contributed by atoms with Crippen LogP contribution in [0.1, 0.15) is 51.4 Å². The van der Waals surface area contributed by atoms with Crippen LogP contribution in [0.15, 0.2) is 0 Å². The maximum atomic E-state index is 8.57. The fraction of sp³-hybridized carbons (Fsp3) is 1.00. The Kier molecular flexibility index (Phi) is 6.88. The first-order valence-electron chi connectivity index (χ1n) is 6.03. The predicted molar refractivity (Wildman–Crippen MR) is 64.8 cm³/mol. The Labute approximate surface area is 96.4 Å². The summed E-state index contributed by atoms with van der Waals surface area (Å²) in [6.45, 7) is 0.417. The average molecular weight is 263 g/mol. The molecule has 0 aromatic carbocycles. The molecule has 0 radical (unpaired) electrons. The molecule has 2 saturated carbocycles. The highest BCUT2D eigenvalue weighted by atomic mass is 79.9. The van der Waals surface area contributed by atoms with E-state index in [4.69, 9.17) is 5.11 Å². The van der Waals surface area contributed by atoms with Gasteiger partial charge >= 0.3 is 0 Å². The van der Waals surface area contributed by atoms with E-state index in [-0.39, 0.29) is 0 Å². The van der Waals surface area contributed by atoms with Crippen LogP contribution >= 0.6 is 15.9 Å². The Morgan fingerprint density at radius 3 is 1.50 bits per heavy atom. The third-order valence-corrected chi connectivity index (χ3v) is 4.34. The molecule has 0 aromatic rings. The highest BCUT2D eigenvalue weighted by molar-refractivity contribution is 9.09. The standard InChI is InChI=1S/C6H11Br.C6H12O/c2*7-5-6-3-1-2-4-6/h6H,1-5H2;6-7H,1-5H2. The van der Waals surface area contributed by atoms with Gasteiger partial charge in [-0.3, -0.25) is 0 Å². The Balaban J connectivity index is 0.000000140. The third kappa shape index (κ3) is 4.79. The maximum Gasteiger partial charge on any atom is 0.0459 e. The van der Waals surface area contributed by atoms with Crippen molar-refractivity contribution in [2.24, 2.45) is 11.8 Å². The van der Waals surface area contributed by atoms with E-state index in [1.807, 2.05) is 0 Å². The lowest BCUT2D eigenvalue weighted by Crippen LogP contribution is -1.97. The second-order valence-electron chi connectivity index (χ2n) is 4.64. The van der Waals surface area contributed by atoms with Crippen LogP contribution in [0.25, 0.3) is 0 Å². The second kappa shape index (κ2) is 7.70. The van der Waals surface area contributed by atoms with E-state index in [0.29, 0.717) is 12.5 Å². The van der Waals surface area contributed by atoms with Crippen LogP contribution in [0.4, 0.5) is 0 Å². The van der Waals surface area contributed by atoms with Crippen molar-refractivity contribution in [3.05, 3.63) is 0 Å². The molecule has 0 saturated heterocycles. The summed E-state index contributed by atoms with van der Waals surface area (Å²) in [4.78, 5) is 0. The summed E-state index contributed by atoms with van der Waals surface area (Å²) in [5.41, 5.74) is 0. The van der Waals surface area contributed by atoms with Crippen LogP contribution in [-0.4, -0.2) is 17.0 Å². The monoisotopic (exact) mass is 262 g/mol. The highest BCUT2D eigenvalue weighted by Gasteiger charge is 2.12. The summed E-state index contributed by atoms with van der Waals surface area (Å²) in [5, 5.41) is 9.80. The lowest BCUT2D eigenvalue weighted by Gasteiger charge is -1.98. The summed E-state index contributed by atoms with van der Waals surface area (Å²) in [6, 6.07) is 0. The van der Waals surface area contributed by atoms with Crippen LogP contribution in [0, 0.1) is 11.8 Å². The molecule has 2 heteroatoms. The van der Waals surface area contributed by atoms with Crippen molar-refractivity contribution >= 4 is 15.9 Å². The molecule has 2 aliphatic rings. The quantitative estimate of drug-likeness (QED) is 0.752.